The van der Waals surface area contributed by atoms with Gasteiger partial charge in [-0.2, -0.15) is 4.39 Å². The number of amides is 1. The molecule has 0 spiro atoms. The van der Waals surface area contributed by atoms with Gasteiger partial charge in [0.2, 0.25) is 11.9 Å². The normalized spacial score (nSPS) is 16.3. The SMILES string of the molecule is CC(N)=O.CO.OC1CCN(CC#Cc2ccc(F)nc2)C1. The first kappa shape index (κ1) is 20.0. The average Bonchev–Trinajstić information content (AvgIpc) is 2.88. The summed E-state index contributed by atoms with van der Waals surface area (Å²) in [5.41, 5.74) is 5.18. The number of likely N-dealkylation sites (tertiary alicyclic amines) is 1. The van der Waals surface area contributed by atoms with Crippen molar-refractivity contribution in [3.05, 3.63) is 29.8 Å². The lowest BCUT2D eigenvalue weighted by molar-refractivity contribution is -0.115. The summed E-state index contributed by atoms with van der Waals surface area (Å²) >= 11 is 0. The lowest BCUT2D eigenvalue weighted by Crippen LogP contribution is -2.22. The predicted octanol–water partition coefficient (Wildman–Crippen LogP) is -0.261. The lowest BCUT2D eigenvalue weighted by atomic mass is 10.3. The van der Waals surface area contributed by atoms with Gasteiger partial charge >= 0.3 is 0 Å². The molecule has 22 heavy (non-hydrogen) atoms. The largest absolute Gasteiger partial charge is 0.400 e. The highest BCUT2D eigenvalue weighted by molar-refractivity contribution is 5.70. The number of primary amides is 1. The summed E-state index contributed by atoms with van der Waals surface area (Å²) in [7, 11) is 1.00. The molecule has 0 radical (unpaired) electrons. The molecule has 122 valence electrons. The first-order valence-corrected chi connectivity index (χ1v) is 6.69. The fourth-order valence-electron chi connectivity index (χ4n) is 1.66. The molecule has 4 N–H and O–H groups in total. The summed E-state index contributed by atoms with van der Waals surface area (Å²) in [6.45, 7) is 3.52. The summed E-state index contributed by atoms with van der Waals surface area (Å²) in [6, 6.07) is 2.90. The molecular weight excluding hydrogens is 289 g/mol. The van der Waals surface area contributed by atoms with Crippen molar-refractivity contribution in [2.24, 2.45) is 5.73 Å². The molecule has 0 aromatic carbocycles. The molecule has 2 heterocycles. The maximum absolute atomic E-state index is 12.5. The summed E-state index contributed by atoms with van der Waals surface area (Å²) < 4.78 is 12.5. The van der Waals surface area contributed by atoms with E-state index >= 15 is 0 Å². The summed E-state index contributed by atoms with van der Waals surface area (Å²) in [5, 5.41) is 16.3. The first-order valence-electron chi connectivity index (χ1n) is 6.69. The van der Waals surface area contributed by atoms with Gasteiger partial charge in [0.15, 0.2) is 0 Å². The minimum Gasteiger partial charge on any atom is -0.400 e. The van der Waals surface area contributed by atoms with Gasteiger partial charge < -0.3 is 15.9 Å². The van der Waals surface area contributed by atoms with Crippen LogP contribution in [0.5, 0.6) is 0 Å². The molecular formula is C15H22FN3O3. The number of aliphatic hydroxyl groups is 2. The second-order valence-electron chi connectivity index (χ2n) is 4.46. The second kappa shape index (κ2) is 11.6. The van der Waals surface area contributed by atoms with E-state index in [1.54, 1.807) is 6.07 Å². The number of β-amino-alcohol motifs (C(OH)–C–C–N with tert-alkyl or cyclic N) is 1. The topological polar surface area (TPSA) is 99.7 Å². The number of carbonyl (C=O) groups excluding carboxylic acids is 1. The molecule has 1 unspecified atom stereocenters. The van der Waals surface area contributed by atoms with Gasteiger partial charge in [0.25, 0.3) is 0 Å². The number of aliphatic hydroxyl groups excluding tert-OH is 2. The van der Waals surface area contributed by atoms with E-state index in [0.29, 0.717) is 18.7 Å². The van der Waals surface area contributed by atoms with Gasteiger partial charge in [-0.25, -0.2) is 4.98 Å². The van der Waals surface area contributed by atoms with Crippen molar-refractivity contribution in [3.8, 4) is 11.8 Å². The molecule has 7 heteroatoms. The number of nitrogens with two attached hydrogens (primary N) is 1. The Morgan fingerprint density at radius 3 is 2.64 bits per heavy atom. The van der Waals surface area contributed by atoms with Crippen LogP contribution in [0.1, 0.15) is 18.9 Å². The quantitative estimate of drug-likeness (QED) is 0.490. The molecule has 1 aromatic rings. The minimum atomic E-state index is -0.492. The number of aromatic nitrogens is 1. The highest BCUT2D eigenvalue weighted by atomic mass is 19.1. The number of carbonyl (C=O) groups is 1. The molecule has 1 fully saturated rings. The predicted molar refractivity (Wildman–Crippen MR) is 81.1 cm³/mol. The number of nitrogens with zero attached hydrogens (tertiary/aromatic N) is 2. The van der Waals surface area contributed by atoms with Crippen LogP contribution in [0.2, 0.25) is 0 Å². The summed E-state index contributed by atoms with van der Waals surface area (Å²) in [5.74, 6) is 5.07. The Kier molecular flexibility index (Phi) is 10.6. The summed E-state index contributed by atoms with van der Waals surface area (Å²) in [4.78, 5) is 14.8. The monoisotopic (exact) mass is 311 g/mol. The zero-order valence-electron chi connectivity index (χ0n) is 12.8. The zero-order valence-corrected chi connectivity index (χ0v) is 12.8. The number of hydrogen-bond acceptors (Lipinski definition) is 5. The Hall–Kier alpha value is -2.01. The van der Waals surface area contributed by atoms with Crippen molar-refractivity contribution in [1.29, 1.82) is 0 Å². The Bertz CT molecular complexity index is 493. The van der Waals surface area contributed by atoms with E-state index in [1.165, 1.54) is 19.2 Å². The highest BCUT2D eigenvalue weighted by Gasteiger charge is 2.18. The number of hydrogen-bond donors (Lipinski definition) is 3. The van der Waals surface area contributed by atoms with E-state index in [2.05, 4.69) is 27.5 Å². The van der Waals surface area contributed by atoms with Gasteiger partial charge in [0.05, 0.1) is 12.6 Å². The standard InChI is InChI=1S/C12H13FN2O.C2H5NO.CH4O/c13-12-4-3-10(8-14-12)2-1-6-15-7-5-11(16)9-15;1-2(3)4;1-2/h3-4,8,11,16H,5-7,9H2;1H3,(H2,3,4);2H,1H3. The first-order chi connectivity index (χ1) is 10.5. The molecule has 0 bridgehead atoms. The van der Waals surface area contributed by atoms with Crippen LogP contribution in [0, 0.1) is 17.8 Å². The Morgan fingerprint density at radius 2 is 2.18 bits per heavy atom. The fraction of sp³-hybridized carbons (Fsp3) is 0.467. The third-order valence-corrected chi connectivity index (χ3v) is 2.51. The van der Waals surface area contributed by atoms with Gasteiger partial charge in [-0.05, 0) is 18.6 Å². The van der Waals surface area contributed by atoms with Crippen molar-refractivity contribution >= 4 is 5.91 Å². The molecule has 2 rings (SSSR count). The molecule has 1 atom stereocenters. The number of rotatable bonds is 1. The van der Waals surface area contributed by atoms with Crippen molar-refractivity contribution in [1.82, 2.24) is 9.88 Å². The minimum absolute atomic E-state index is 0.214. The van der Waals surface area contributed by atoms with Crippen LogP contribution in [0.15, 0.2) is 18.3 Å². The van der Waals surface area contributed by atoms with Crippen LogP contribution in [0.25, 0.3) is 0 Å². The van der Waals surface area contributed by atoms with Gasteiger partial charge in [-0.15, -0.1) is 0 Å². The van der Waals surface area contributed by atoms with E-state index < -0.39 is 5.95 Å². The van der Waals surface area contributed by atoms with Crippen molar-refractivity contribution < 1.29 is 19.4 Å². The van der Waals surface area contributed by atoms with Crippen LogP contribution in [-0.2, 0) is 4.79 Å². The number of halogens is 1. The molecule has 1 aromatic heterocycles. The Labute approximate surface area is 129 Å². The molecule has 0 saturated carbocycles. The van der Waals surface area contributed by atoms with Gasteiger partial charge in [0, 0.05) is 38.9 Å². The summed E-state index contributed by atoms with van der Waals surface area (Å²) in [6.07, 6.45) is 2.02. The zero-order chi connectivity index (χ0) is 17.0. The van der Waals surface area contributed by atoms with E-state index in [0.717, 1.165) is 20.1 Å². The van der Waals surface area contributed by atoms with Crippen molar-refractivity contribution in [3.63, 3.8) is 0 Å². The van der Waals surface area contributed by atoms with Crippen LogP contribution >= 0.6 is 0 Å². The highest BCUT2D eigenvalue weighted by Crippen LogP contribution is 2.07. The van der Waals surface area contributed by atoms with E-state index in [4.69, 9.17) is 5.11 Å². The van der Waals surface area contributed by atoms with E-state index in [9.17, 15) is 14.3 Å². The molecule has 1 amide bonds. The molecule has 6 nitrogen and oxygen atoms in total. The third kappa shape index (κ3) is 9.83. The third-order valence-electron chi connectivity index (χ3n) is 2.51. The molecule has 0 aliphatic carbocycles. The Morgan fingerprint density at radius 1 is 1.55 bits per heavy atom. The maximum Gasteiger partial charge on any atom is 0.214 e. The second-order valence-corrected chi connectivity index (χ2v) is 4.46. The van der Waals surface area contributed by atoms with Gasteiger partial charge in [-0.3, -0.25) is 9.69 Å². The lowest BCUT2D eigenvalue weighted by Gasteiger charge is -2.09. The number of pyridine rings is 1. The van der Waals surface area contributed by atoms with E-state index in [-0.39, 0.29) is 12.0 Å². The van der Waals surface area contributed by atoms with Crippen LogP contribution < -0.4 is 5.73 Å². The molecule has 1 aliphatic rings. The maximum atomic E-state index is 12.5. The van der Waals surface area contributed by atoms with Crippen molar-refractivity contribution in [2.45, 2.75) is 19.4 Å². The smallest absolute Gasteiger partial charge is 0.214 e. The Balaban J connectivity index is 0.000000640. The van der Waals surface area contributed by atoms with Gasteiger partial charge in [-0.1, -0.05) is 11.8 Å². The van der Waals surface area contributed by atoms with Crippen LogP contribution in [0.3, 0.4) is 0 Å². The van der Waals surface area contributed by atoms with Crippen LogP contribution in [-0.4, -0.2) is 58.9 Å². The van der Waals surface area contributed by atoms with Gasteiger partial charge in [0.1, 0.15) is 0 Å². The average molecular weight is 311 g/mol. The van der Waals surface area contributed by atoms with Crippen molar-refractivity contribution in [2.75, 3.05) is 26.7 Å². The van der Waals surface area contributed by atoms with E-state index in [1.807, 2.05) is 0 Å². The fourth-order valence-corrected chi connectivity index (χ4v) is 1.66. The van der Waals surface area contributed by atoms with Crippen LogP contribution in [0.4, 0.5) is 4.39 Å². The molecule has 1 aliphatic heterocycles. The molecule has 1 saturated heterocycles.